The van der Waals surface area contributed by atoms with Gasteiger partial charge < -0.3 is 21.3 Å². The molecule has 21 nitrogen and oxygen atoms in total. The molecule has 5 atom stereocenters. The zero-order chi connectivity index (χ0) is 27.1. The molecular formula is C12H27N8O13P3+4. The number of phosphoric acid groups is 3. The van der Waals surface area contributed by atoms with Crippen LogP contribution in [0.25, 0.3) is 0 Å². The van der Waals surface area contributed by atoms with Gasteiger partial charge in [0, 0.05) is 12.6 Å². The number of nitrogen functional groups attached to an aromatic ring is 1. The number of anilines is 1. The molecule has 24 heteroatoms. The Kier molecular flexibility index (Phi) is 10.8. The number of aliphatic hydroxyl groups excluding tert-OH is 1. The predicted molar refractivity (Wildman–Crippen MR) is 110 cm³/mol. The van der Waals surface area contributed by atoms with Crippen molar-refractivity contribution >= 4 is 29.3 Å². The molecule has 2 unspecified atom stereocenters. The lowest BCUT2D eigenvalue weighted by molar-refractivity contribution is -0.683. The highest BCUT2D eigenvalue weighted by atomic mass is 31.3. The van der Waals surface area contributed by atoms with Crippen LogP contribution in [0, 0.1) is 11.8 Å². The molecule has 0 radical (unpaired) electrons. The topological polar surface area (TPSA) is 343 Å². The normalized spacial score (nSPS) is 23.4. The third kappa shape index (κ3) is 7.69. The molecule has 1 aliphatic rings. The minimum Gasteiger partial charge on any atom is -0.388 e. The van der Waals surface area contributed by atoms with E-state index in [4.69, 9.17) is 20.7 Å². The molecule has 1 fully saturated rings. The summed E-state index contributed by atoms with van der Waals surface area (Å²) in [6.45, 7) is -0.597. The molecule has 1 aliphatic heterocycles. The zero-order valence-electron chi connectivity index (χ0n) is 18.5. The number of aromatic nitrogens is 2. The molecule has 1 aromatic rings. The molecule has 0 aliphatic carbocycles. The quantitative estimate of drug-likeness (QED) is 0.0685. The van der Waals surface area contributed by atoms with Crippen molar-refractivity contribution in [2.75, 3.05) is 18.9 Å². The summed E-state index contributed by atoms with van der Waals surface area (Å²) in [5.41, 5.74) is 10.3. The van der Waals surface area contributed by atoms with Crippen LogP contribution in [0.1, 0.15) is 18.2 Å². The van der Waals surface area contributed by atoms with Gasteiger partial charge in [0.25, 0.3) is 0 Å². The standard InChI is InChI=1S/C12H26N8O13P3/c13-3-1-2-7-5-20(12(22)19-10(7)14)11-9(21)4-8(27-11)6-26-34(23,28-15)32-36(25,31-18)33-35(24,29-16)30-17/h5,8-9,11,21H,3-4,6,13H2,15-18H3,(H-,14,19,22)/q+3/p+1/t8-,9+,11+,34?,36?/m0/s1. The number of hydrogen-bond donors (Lipinski definition) is 7. The predicted octanol–water partition coefficient (Wildman–Crippen LogP) is -5.15. The molecule has 1 saturated heterocycles. The smallest absolute Gasteiger partial charge is 0.388 e. The van der Waals surface area contributed by atoms with Crippen LogP contribution in [0.15, 0.2) is 11.0 Å². The molecule has 2 heterocycles. The van der Waals surface area contributed by atoms with Gasteiger partial charge in [0.2, 0.25) is 0 Å². The Morgan fingerprint density at radius 2 is 1.69 bits per heavy atom. The molecule has 0 aromatic carbocycles. The number of rotatable bonds is 12. The van der Waals surface area contributed by atoms with E-state index < -0.39 is 54.2 Å². The second-order valence-electron chi connectivity index (χ2n) is 6.50. The molecular weight excluding hydrogens is 557 g/mol. The van der Waals surface area contributed by atoms with Crippen molar-refractivity contribution in [2.45, 2.75) is 24.9 Å². The van der Waals surface area contributed by atoms with Crippen molar-refractivity contribution in [3.63, 3.8) is 0 Å². The van der Waals surface area contributed by atoms with E-state index in [9.17, 15) is 23.6 Å². The third-order valence-corrected chi connectivity index (χ3v) is 9.13. The minimum atomic E-state index is -5.09. The summed E-state index contributed by atoms with van der Waals surface area (Å²) in [7, 11) is -14.6. The summed E-state index contributed by atoms with van der Waals surface area (Å²) in [5, 5.41) is 10.4. The maximum atomic E-state index is 12.7. The molecule has 2 rings (SSSR count). The summed E-state index contributed by atoms with van der Waals surface area (Å²) in [6.07, 6.45) is -2.44. The fourth-order valence-electron chi connectivity index (χ4n) is 2.64. The Bertz CT molecular complexity index is 1180. The lowest BCUT2D eigenvalue weighted by Gasteiger charge is -2.20. The van der Waals surface area contributed by atoms with E-state index in [1.807, 2.05) is 0 Å². The SMILES string of the molecule is NCC#Cc1cn([C@@H]2O[C@H](COP(=O)(O[NH3+])OP(=O)(O[NH3+])OP(=O)(O[NH3+])O[NH3+])C[C@H]2O)c(=O)nc1N. The Morgan fingerprint density at radius 3 is 2.25 bits per heavy atom. The van der Waals surface area contributed by atoms with Gasteiger partial charge in [-0.15, -0.1) is 0 Å². The minimum absolute atomic E-state index is 0.0242. The number of nitrogens with two attached hydrogens (primary N) is 2. The lowest BCUT2D eigenvalue weighted by atomic mass is 10.2. The van der Waals surface area contributed by atoms with E-state index in [0.717, 1.165) is 4.57 Å². The average Bonchev–Trinajstić information content (AvgIpc) is 3.22. The molecule has 204 valence electrons. The van der Waals surface area contributed by atoms with Gasteiger partial charge in [-0.3, -0.25) is 9.09 Å². The highest BCUT2D eigenvalue weighted by Crippen LogP contribution is 2.70. The number of aliphatic hydroxyl groups is 1. The molecule has 0 saturated carbocycles. The first kappa shape index (κ1) is 30.6. The van der Waals surface area contributed by atoms with Crippen molar-refractivity contribution in [3.05, 3.63) is 22.2 Å². The van der Waals surface area contributed by atoms with Gasteiger partial charge in [0.1, 0.15) is 11.9 Å². The number of hydrogen-bond acceptors (Lipinski definition) is 16. The summed E-state index contributed by atoms with van der Waals surface area (Å²) in [6, 6.07) is 0. The number of ether oxygens (including phenoxy) is 1. The lowest BCUT2D eigenvalue weighted by Crippen LogP contribution is -2.54. The largest absolute Gasteiger partial charge is 0.576 e. The maximum Gasteiger partial charge on any atom is 0.576 e. The van der Waals surface area contributed by atoms with Crippen LogP contribution in [-0.4, -0.2) is 40.0 Å². The fourth-order valence-corrected chi connectivity index (χ4v) is 6.62. The summed E-state index contributed by atoms with van der Waals surface area (Å²) in [5.74, 6) is 16.3. The second-order valence-corrected chi connectivity index (χ2v) is 11.8. The molecule has 0 bridgehead atoms. The van der Waals surface area contributed by atoms with Crippen LogP contribution >= 0.6 is 23.5 Å². The molecule has 17 N–H and O–H groups in total. The van der Waals surface area contributed by atoms with E-state index in [2.05, 4.69) is 67.5 Å². The van der Waals surface area contributed by atoms with Crippen LogP contribution in [0.4, 0.5) is 5.82 Å². The van der Waals surface area contributed by atoms with Gasteiger partial charge >= 0.3 is 29.2 Å². The van der Waals surface area contributed by atoms with Gasteiger partial charge in [0.15, 0.2) is 6.23 Å². The Balaban J connectivity index is 2.15. The Labute approximate surface area is 201 Å². The van der Waals surface area contributed by atoms with Gasteiger partial charge in [-0.25, -0.2) is 42.1 Å². The van der Waals surface area contributed by atoms with Gasteiger partial charge in [-0.1, -0.05) is 30.3 Å². The fraction of sp³-hybridized carbons (Fsp3) is 0.500. The van der Waals surface area contributed by atoms with Crippen molar-refractivity contribution in [3.8, 4) is 11.8 Å². The van der Waals surface area contributed by atoms with Gasteiger partial charge in [-0.05, 0) is 0 Å². The van der Waals surface area contributed by atoms with Crippen LogP contribution in [-0.2, 0) is 50.1 Å². The Hall–Kier alpha value is -1.63. The molecule has 36 heavy (non-hydrogen) atoms. The van der Waals surface area contributed by atoms with Crippen molar-refractivity contribution in [1.82, 2.24) is 9.55 Å². The maximum absolute atomic E-state index is 12.7. The first-order valence-corrected chi connectivity index (χ1v) is 13.8. The van der Waals surface area contributed by atoms with Crippen LogP contribution < -0.4 is 40.7 Å². The van der Waals surface area contributed by atoms with Crippen LogP contribution in [0.5, 0.6) is 0 Å². The number of nitrogens with zero attached hydrogens (tertiary/aromatic N) is 2. The highest BCUT2D eigenvalue weighted by Gasteiger charge is 2.51. The average molecular weight is 584 g/mol. The van der Waals surface area contributed by atoms with Crippen LogP contribution in [0.3, 0.4) is 0 Å². The third-order valence-electron chi connectivity index (χ3n) is 4.20. The summed E-state index contributed by atoms with van der Waals surface area (Å²) in [4.78, 5) is 15.9. The molecule has 1 aromatic heterocycles. The van der Waals surface area contributed by atoms with Gasteiger partial charge in [-0.2, -0.15) is 13.6 Å². The van der Waals surface area contributed by atoms with Crippen molar-refractivity contribution in [1.29, 1.82) is 0 Å². The summed E-state index contributed by atoms with van der Waals surface area (Å²) < 4.78 is 74.6. The Morgan fingerprint density at radius 1 is 1.11 bits per heavy atom. The van der Waals surface area contributed by atoms with Crippen molar-refractivity contribution in [2.24, 2.45) is 5.73 Å². The molecule has 0 amide bonds. The summed E-state index contributed by atoms with van der Waals surface area (Å²) >= 11 is 0. The zero-order valence-corrected chi connectivity index (χ0v) is 21.2. The van der Waals surface area contributed by atoms with E-state index in [1.165, 1.54) is 6.20 Å². The van der Waals surface area contributed by atoms with E-state index in [1.54, 1.807) is 0 Å². The van der Waals surface area contributed by atoms with E-state index in [0.29, 0.717) is 0 Å². The first-order valence-electron chi connectivity index (χ1n) is 9.40. The first-order chi connectivity index (χ1) is 16.9. The number of quaternary nitrogens is 4. The van der Waals surface area contributed by atoms with E-state index in [-0.39, 0.29) is 24.3 Å². The van der Waals surface area contributed by atoms with E-state index >= 15 is 0 Å². The van der Waals surface area contributed by atoms with Crippen molar-refractivity contribution < 1.29 is 78.8 Å². The second kappa shape index (κ2) is 12.7. The highest BCUT2D eigenvalue weighted by molar-refractivity contribution is 7.67. The van der Waals surface area contributed by atoms with Gasteiger partial charge in [0.05, 0.1) is 24.8 Å². The van der Waals surface area contributed by atoms with Crippen LogP contribution in [0.2, 0.25) is 0 Å². The molecule has 0 spiro atoms. The monoisotopic (exact) mass is 584 g/mol.